The molecule has 2 aliphatic carbocycles. The Kier molecular flexibility index (Phi) is 6.01. The van der Waals surface area contributed by atoms with Gasteiger partial charge in [-0.3, -0.25) is 9.59 Å². The molecule has 188 valence electrons. The van der Waals surface area contributed by atoms with E-state index in [1.165, 1.54) is 4.90 Å². The molecule has 0 radical (unpaired) electrons. The lowest BCUT2D eigenvalue weighted by molar-refractivity contribution is -0.137. The SMILES string of the molecule is N#CC1(c2cccc(C(=O)N3CCC[C@@H]3C(=O)N[C@@H](c3ccc(C(F)(F)F)cc3F)C3CC3)c2)CC1. The largest absolute Gasteiger partial charge is 0.416 e. The third kappa shape index (κ3) is 4.57. The Morgan fingerprint density at radius 2 is 1.86 bits per heavy atom. The van der Waals surface area contributed by atoms with Crippen LogP contribution in [-0.2, 0) is 16.4 Å². The van der Waals surface area contributed by atoms with Gasteiger partial charge in [0.15, 0.2) is 0 Å². The van der Waals surface area contributed by atoms with E-state index < -0.39 is 41.0 Å². The van der Waals surface area contributed by atoms with Gasteiger partial charge in [-0.15, -0.1) is 0 Å². The standard InChI is InChI=1S/C27H25F4N3O2/c28-21-14-19(27(29,30)31)8-9-20(21)23(16-6-7-16)33-24(35)22-5-2-12-34(22)25(36)17-3-1-4-18(13-17)26(15-32)10-11-26/h1,3-4,8-9,13-14,16,22-23H,2,5-7,10-12H2,(H,33,35)/t22-,23-/m1/s1. The summed E-state index contributed by atoms with van der Waals surface area (Å²) in [6, 6.07) is 10.1. The molecule has 2 saturated carbocycles. The number of hydrogen-bond donors (Lipinski definition) is 1. The first-order chi connectivity index (χ1) is 17.1. The van der Waals surface area contributed by atoms with Crippen molar-refractivity contribution in [2.75, 3.05) is 6.54 Å². The van der Waals surface area contributed by atoms with Crippen molar-refractivity contribution in [2.45, 2.75) is 62.2 Å². The molecule has 3 fully saturated rings. The van der Waals surface area contributed by atoms with Crippen molar-refractivity contribution in [1.29, 1.82) is 5.26 Å². The third-order valence-corrected chi connectivity index (χ3v) is 7.50. The normalized spacial score (nSPS) is 21.5. The van der Waals surface area contributed by atoms with E-state index in [9.17, 15) is 32.4 Å². The number of nitrogens with zero attached hydrogens (tertiary/aromatic N) is 2. The fourth-order valence-electron chi connectivity index (χ4n) is 5.07. The van der Waals surface area contributed by atoms with E-state index in [1.807, 2.05) is 6.07 Å². The minimum absolute atomic E-state index is 0.0219. The van der Waals surface area contributed by atoms with E-state index in [4.69, 9.17) is 0 Å². The fourth-order valence-corrected chi connectivity index (χ4v) is 5.07. The summed E-state index contributed by atoms with van der Waals surface area (Å²) in [5.41, 5.74) is -0.400. The van der Waals surface area contributed by atoms with Gasteiger partial charge in [-0.1, -0.05) is 18.2 Å². The maximum absolute atomic E-state index is 14.7. The Labute approximate surface area is 206 Å². The molecule has 36 heavy (non-hydrogen) atoms. The second-order valence-corrected chi connectivity index (χ2v) is 9.99. The smallest absolute Gasteiger partial charge is 0.347 e. The Morgan fingerprint density at radius 3 is 2.47 bits per heavy atom. The monoisotopic (exact) mass is 499 g/mol. The van der Waals surface area contributed by atoms with Crippen LogP contribution in [0.15, 0.2) is 42.5 Å². The van der Waals surface area contributed by atoms with Gasteiger partial charge in [-0.25, -0.2) is 4.39 Å². The van der Waals surface area contributed by atoms with Crippen LogP contribution >= 0.6 is 0 Å². The number of alkyl halides is 3. The van der Waals surface area contributed by atoms with Crippen molar-refractivity contribution in [2.24, 2.45) is 5.92 Å². The third-order valence-electron chi connectivity index (χ3n) is 7.50. The van der Waals surface area contributed by atoms with Crippen LogP contribution in [0.2, 0.25) is 0 Å². The van der Waals surface area contributed by atoms with E-state index >= 15 is 0 Å². The molecule has 1 heterocycles. The number of halogens is 4. The van der Waals surface area contributed by atoms with Crippen LogP contribution in [-0.4, -0.2) is 29.3 Å². The second kappa shape index (κ2) is 8.91. The van der Waals surface area contributed by atoms with Crippen molar-refractivity contribution in [3.63, 3.8) is 0 Å². The number of carbonyl (C=O) groups excluding carboxylic acids is 2. The molecular formula is C27H25F4N3O2. The van der Waals surface area contributed by atoms with Gasteiger partial charge in [0.05, 0.1) is 23.1 Å². The average Bonchev–Trinajstić information content (AvgIpc) is 3.79. The lowest BCUT2D eigenvalue weighted by atomic mass is 9.95. The van der Waals surface area contributed by atoms with Gasteiger partial charge in [-0.05, 0) is 74.3 Å². The highest BCUT2D eigenvalue weighted by molar-refractivity contribution is 5.98. The number of nitrogens with one attached hydrogen (secondary N) is 1. The molecule has 0 bridgehead atoms. The first-order valence-electron chi connectivity index (χ1n) is 12.1. The zero-order chi connectivity index (χ0) is 25.7. The van der Waals surface area contributed by atoms with Crippen LogP contribution in [0.1, 0.15) is 71.6 Å². The number of carbonyl (C=O) groups is 2. The predicted molar refractivity (Wildman–Crippen MR) is 122 cm³/mol. The zero-order valence-corrected chi connectivity index (χ0v) is 19.4. The molecule has 9 heteroatoms. The summed E-state index contributed by atoms with van der Waals surface area (Å²) < 4.78 is 53.6. The number of hydrogen-bond acceptors (Lipinski definition) is 3. The molecular weight excluding hydrogens is 474 g/mol. The number of rotatable bonds is 6. The number of benzene rings is 2. The molecule has 1 N–H and O–H groups in total. The average molecular weight is 500 g/mol. The van der Waals surface area contributed by atoms with E-state index in [0.717, 1.165) is 43.4 Å². The second-order valence-electron chi connectivity index (χ2n) is 9.99. The van der Waals surface area contributed by atoms with Gasteiger partial charge in [0, 0.05) is 17.7 Å². The van der Waals surface area contributed by atoms with Gasteiger partial charge in [0.25, 0.3) is 5.91 Å². The topological polar surface area (TPSA) is 73.2 Å². The van der Waals surface area contributed by atoms with Crippen LogP contribution < -0.4 is 5.32 Å². The fraction of sp³-hybridized carbons (Fsp3) is 0.444. The maximum atomic E-state index is 14.7. The number of amides is 2. The molecule has 2 aromatic rings. The van der Waals surface area contributed by atoms with Crippen LogP contribution in [0, 0.1) is 23.1 Å². The first kappa shape index (κ1) is 24.3. The summed E-state index contributed by atoms with van der Waals surface area (Å²) in [6.07, 6.45) is -0.650. The Hall–Kier alpha value is -3.41. The van der Waals surface area contributed by atoms with Crippen LogP contribution in [0.3, 0.4) is 0 Å². The molecule has 1 saturated heterocycles. The highest BCUT2D eigenvalue weighted by atomic mass is 19.4. The summed E-state index contributed by atoms with van der Waals surface area (Å²) in [7, 11) is 0. The van der Waals surface area contributed by atoms with Gasteiger partial charge < -0.3 is 10.2 Å². The molecule has 2 atom stereocenters. The molecule has 0 spiro atoms. The van der Waals surface area contributed by atoms with Crippen LogP contribution in [0.25, 0.3) is 0 Å². The molecule has 3 aliphatic rings. The molecule has 0 unspecified atom stereocenters. The summed E-state index contributed by atoms with van der Waals surface area (Å²) in [4.78, 5) is 28.1. The van der Waals surface area contributed by atoms with Gasteiger partial charge in [0.1, 0.15) is 11.9 Å². The number of likely N-dealkylation sites (tertiary alicyclic amines) is 1. The predicted octanol–water partition coefficient (Wildman–Crippen LogP) is 5.27. The lowest BCUT2D eigenvalue weighted by Crippen LogP contribution is -2.47. The summed E-state index contributed by atoms with van der Waals surface area (Å²) >= 11 is 0. The molecule has 0 aromatic heterocycles. The van der Waals surface area contributed by atoms with E-state index in [1.54, 1.807) is 18.2 Å². The first-order valence-corrected chi connectivity index (χ1v) is 12.1. The highest BCUT2D eigenvalue weighted by Crippen LogP contribution is 2.47. The Bertz CT molecular complexity index is 1240. The molecule has 2 aromatic carbocycles. The minimum atomic E-state index is -4.66. The van der Waals surface area contributed by atoms with Gasteiger partial charge >= 0.3 is 6.18 Å². The van der Waals surface area contributed by atoms with Crippen molar-refractivity contribution >= 4 is 11.8 Å². The van der Waals surface area contributed by atoms with Gasteiger partial charge in [0.2, 0.25) is 5.91 Å². The van der Waals surface area contributed by atoms with Crippen LogP contribution in [0.4, 0.5) is 17.6 Å². The number of nitriles is 1. The highest BCUT2D eigenvalue weighted by Gasteiger charge is 2.45. The summed E-state index contributed by atoms with van der Waals surface area (Å²) in [5.74, 6) is -1.83. The molecule has 5 rings (SSSR count). The van der Waals surface area contributed by atoms with Crippen molar-refractivity contribution in [3.8, 4) is 6.07 Å². The van der Waals surface area contributed by atoms with Crippen molar-refractivity contribution in [3.05, 3.63) is 70.5 Å². The Balaban J connectivity index is 1.34. The Morgan fingerprint density at radius 1 is 1.11 bits per heavy atom. The lowest BCUT2D eigenvalue weighted by Gasteiger charge is -2.27. The summed E-state index contributed by atoms with van der Waals surface area (Å²) in [6.45, 7) is 0.382. The van der Waals surface area contributed by atoms with E-state index in [-0.39, 0.29) is 17.4 Å². The van der Waals surface area contributed by atoms with E-state index in [2.05, 4.69) is 11.4 Å². The summed E-state index contributed by atoms with van der Waals surface area (Å²) in [5, 5.41) is 12.3. The van der Waals surface area contributed by atoms with E-state index in [0.29, 0.717) is 31.0 Å². The maximum Gasteiger partial charge on any atom is 0.416 e. The van der Waals surface area contributed by atoms with Crippen molar-refractivity contribution < 1.29 is 27.2 Å². The van der Waals surface area contributed by atoms with Crippen molar-refractivity contribution in [1.82, 2.24) is 10.2 Å². The zero-order valence-electron chi connectivity index (χ0n) is 19.4. The van der Waals surface area contributed by atoms with Crippen LogP contribution in [0.5, 0.6) is 0 Å². The molecule has 2 amide bonds. The molecule has 1 aliphatic heterocycles. The van der Waals surface area contributed by atoms with Gasteiger partial charge in [-0.2, -0.15) is 18.4 Å². The quantitative estimate of drug-likeness (QED) is 0.551. The molecule has 5 nitrogen and oxygen atoms in total. The minimum Gasteiger partial charge on any atom is -0.347 e.